The van der Waals surface area contributed by atoms with E-state index in [4.69, 9.17) is 4.74 Å². The van der Waals surface area contributed by atoms with Gasteiger partial charge >= 0.3 is 5.97 Å². The lowest BCUT2D eigenvalue weighted by Crippen LogP contribution is -2.21. The zero-order chi connectivity index (χ0) is 18.9. The highest BCUT2D eigenvalue weighted by Crippen LogP contribution is 2.17. The molecule has 0 aliphatic carbocycles. The van der Waals surface area contributed by atoms with Gasteiger partial charge < -0.3 is 20.1 Å². The largest absolute Gasteiger partial charge is 0.491 e. The summed E-state index contributed by atoms with van der Waals surface area (Å²) in [4.78, 5) is 23.4. The number of amides is 1. The van der Waals surface area contributed by atoms with E-state index in [0.717, 1.165) is 17.9 Å². The molecule has 138 valence electrons. The molecule has 2 N–H and O–H groups in total. The molecule has 6 heteroatoms. The van der Waals surface area contributed by atoms with Crippen LogP contribution in [0.2, 0.25) is 0 Å². The molecule has 6 nitrogen and oxygen atoms in total. The normalized spacial score (nSPS) is 11.3. The van der Waals surface area contributed by atoms with Crippen molar-refractivity contribution >= 4 is 23.3 Å². The van der Waals surface area contributed by atoms with Gasteiger partial charge in [0.2, 0.25) is 5.91 Å². The average molecular weight is 356 g/mol. The molecule has 0 saturated carbocycles. The van der Waals surface area contributed by atoms with Gasteiger partial charge in [0, 0.05) is 11.4 Å². The van der Waals surface area contributed by atoms with Crippen molar-refractivity contribution in [2.45, 2.75) is 26.4 Å². The molecule has 0 heterocycles. The summed E-state index contributed by atoms with van der Waals surface area (Å²) >= 11 is 0. The van der Waals surface area contributed by atoms with Crippen LogP contribution in [0, 0.1) is 0 Å². The summed E-state index contributed by atoms with van der Waals surface area (Å²) in [5.41, 5.74) is 1.88. The maximum absolute atomic E-state index is 12.0. The number of carbonyl (C=O) groups excluding carboxylic acids is 2. The van der Waals surface area contributed by atoms with Crippen LogP contribution in [-0.2, 0) is 9.53 Å². The number of nitrogens with one attached hydrogen (secondary N) is 2. The second-order valence-corrected chi connectivity index (χ2v) is 5.83. The SMILES string of the molecule is CCC(C)Oc1ccc(NCC(=O)Nc2ccc(C(=O)OC)cc2)cc1. The summed E-state index contributed by atoms with van der Waals surface area (Å²) in [6, 6.07) is 14.0. The van der Waals surface area contributed by atoms with Crippen LogP contribution in [0.5, 0.6) is 5.75 Å². The van der Waals surface area contributed by atoms with Crippen molar-refractivity contribution < 1.29 is 19.1 Å². The third-order valence-corrected chi connectivity index (χ3v) is 3.81. The number of methoxy groups -OCH3 is 1. The Morgan fingerprint density at radius 1 is 1.00 bits per heavy atom. The van der Waals surface area contributed by atoms with E-state index in [1.165, 1.54) is 7.11 Å². The van der Waals surface area contributed by atoms with Crippen molar-refractivity contribution in [3.63, 3.8) is 0 Å². The monoisotopic (exact) mass is 356 g/mol. The molecule has 1 amide bonds. The Morgan fingerprint density at radius 2 is 1.62 bits per heavy atom. The van der Waals surface area contributed by atoms with Gasteiger partial charge in [0.25, 0.3) is 0 Å². The second-order valence-electron chi connectivity index (χ2n) is 5.83. The van der Waals surface area contributed by atoms with Gasteiger partial charge in [-0.15, -0.1) is 0 Å². The quantitative estimate of drug-likeness (QED) is 0.705. The lowest BCUT2D eigenvalue weighted by molar-refractivity contribution is -0.114. The summed E-state index contributed by atoms with van der Waals surface area (Å²) in [7, 11) is 1.33. The first-order valence-corrected chi connectivity index (χ1v) is 8.50. The number of hydrogen-bond donors (Lipinski definition) is 2. The van der Waals surface area contributed by atoms with Crippen molar-refractivity contribution in [3.8, 4) is 5.75 Å². The molecule has 1 atom stereocenters. The van der Waals surface area contributed by atoms with Crippen LogP contribution in [0.3, 0.4) is 0 Å². The van der Waals surface area contributed by atoms with E-state index in [2.05, 4.69) is 22.3 Å². The molecule has 0 radical (unpaired) electrons. The Balaban J connectivity index is 1.82. The van der Waals surface area contributed by atoms with Crippen LogP contribution < -0.4 is 15.4 Å². The number of ether oxygens (including phenoxy) is 2. The Hall–Kier alpha value is -3.02. The molecule has 0 aliphatic heterocycles. The highest BCUT2D eigenvalue weighted by molar-refractivity contribution is 5.95. The van der Waals surface area contributed by atoms with Gasteiger partial charge in [-0.1, -0.05) is 6.92 Å². The summed E-state index contributed by atoms with van der Waals surface area (Å²) in [6.07, 6.45) is 1.12. The van der Waals surface area contributed by atoms with E-state index in [1.54, 1.807) is 24.3 Å². The average Bonchev–Trinajstić information content (AvgIpc) is 2.67. The molecule has 26 heavy (non-hydrogen) atoms. The molecule has 0 fully saturated rings. The minimum absolute atomic E-state index is 0.129. The molecule has 2 rings (SSSR count). The first-order chi connectivity index (χ1) is 12.5. The number of hydrogen-bond acceptors (Lipinski definition) is 5. The van der Waals surface area contributed by atoms with Crippen LogP contribution in [0.1, 0.15) is 30.6 Å². The molecule has 1 unspecified atom stereocenters. The molecule has 0 saturated heterocycles. The van der Waals surface area contributed by atoms with Crippen LogP contribution in [0.15, 0.2) is 48.5 Å². The van der Waals surface area contributed by atoms with Gasteiger partial charge in [0.05, 0.1) is 25.3 Å². The fraction of sp³-hybridized carbons (Fsp3) is 0.300. The molecule has 2 aromatic carbocycles. The van der Waals surface area contributed by atoms with Crippen LogP contribution in [-0.4, -0.2) is 31.6 Å². The van der Waals surface area contributed by atoms with E-state index in [0.29, 0.717) is 11.3 Å². The molecule has 0 aromatic heterocycles. The fourth-order valence-electron chi connectivity index (χ4n) is 2.16. The number of carbonyl (C=O) groups is 2. The van der Waals surface area contributed by atoms with E-state index in [9.17, 15) is 9.59 Å². The summed E-state index contributed by atoms with van der Waals surface area (Å²) in [5, 5.41) is 5.82. The minimum Gasteiger partial charge on any atom is -0.491 e. The first-order valence-electron chi connectivity index (χ1n) is 8.50. The predicted molar refractivity (Wildman–Crippen MR) is 102 cm³/mol. The number of esters is 1. The zero-order valence-corrected chi connectivity index (χ0v) is 15.2. The van der Waals surface area contributed by atoms with Crippen molar-refractivity contribution in [1.82, 2.24) is 0 Å². The highest BCUT2D eigenvalue weighted by Gasteiger charge is 2.07. The van der Waals surface area contributed by atoms with Crippen molar-refractivity contribution in [2.75, 3.05) is 24.3 Å². The Bertz CT molecular complexity index is 726. The molecular weight excluding hydrogens is 332 g/mol. The maximum Gasteiger partial charge on any atom is 0.337 e. The van der Waals surface area contributed by atoms with Gasteiger partial charge in [-0.05, 0) is 61.9 Å². The lowest BCUT2D eigenvalue weighted by Gasteiger charge is -2.13. The van der Waals surface area contributed by atoms with E-state index in [-0.39, 0.29) is 18.6 Å². The summed E-state index contributed by atoms with van der Waals surface area (Å²) < 4.78 is 10.4. The molecular formula is C20H24N2O4. The van der Waals surface area contributed by atoms with Gasteiger partial charge in [0.1, 0.15) is 5.75 Å². The van der Waals surface area contributed by atoms with Gasteiger partial charge in [-0.25, -0.2) is 4.79 Å². The molecule has 0 bridgehead atoms. The fourth-order valence-corrected chi connectivity index (χ4v) is 2.16. The van der Waals surface area contributed by atoms with Crippen molar-refractivity contribution in [2.24, 2.45) is 0 Å². The third-order valence-electron chi connectivity index (χ3n) is 3.81. The number of benzene rings is 2. The van der Waals surface area contributed by atoms with E-state index >= 15 is 0 Å². The Kier molecular flexibility index (Phi) is 7.02. The Morgan fingerprint density at radius 3 is 2.19 bits per heavy atom. The van der Waals surface area contributed by atoms with Gasteiger partial charge in [-0.3, -0.25) is 4.79 Å². The van der Waals surface area contributed by atoms with E-state index in [1.807, 2.05) is 31.2 Å². The molecule has 0 spiro atoms. The Labute approximate surface area is 153 Å². The standard InChI is InChI=1S/C20H24N2O4/c1-4-14(2)26-18-11-9-16(10-12-18)21-13-19(23)22-17-7-5-15(6-8-17)20(24)25-3/h5-12,14,21H,4,13H2,1-3H3,(H,22,23). The zero-order valence-electron chi connectivity index (χ0n) is 15.2. The van der Waals surface area contributed by atoms with Crippen LogP contribution in [0.25, 0.3) is 0 Å². The van der Waals surface area contributed by atoms with E-state index < -0.39 is 5.97 Å². The predicted octanol–water partition coefficient (Wildman–Crippen LogP) is 3.70. The smallest absolute Gasteiger partial charge is 0.337 e. The van der Waals surface area contributed by atoms with Gasteiger partial charge in [0.15, 0.2) is 0 Å². The lowest BCUT2D eigenvalue weighted by atomic mass is 10.2. The molecule has 0 aliphatic rings. The second kappa shape index (κ2) is 9.46. The van der Waals surface area contributed by atoms with Gasteiger partial charge in [-0.2, -0.15) is 0 Å². The molecule has 2 aromatic rings. The number of anilines is 2. The van der Waals surface area contributed by atoms with Crippen molar-refractivity contribution in [3.05, 3.63) is 54.1 Å². The summed E-state index contributed by atoms with van der Waals surface area (Å²) in [6.45, 7) is 4.22. The van der Waals surface area contributed by atoms with Crippen LogP contribution >= 0.6 is 0 Å². The van der Waals surface area contributed by atoms with Crippen LogP contribution in [0.4, 0.5) is 11.4 Å². The highest BCUT2D eigenvalue weighted by atomic mass is 16.5. The third kappa shape index (κ3) is 5.81. The topological polar surface area (TPSA) is 76.7 Å². The first kappa shape index (κ1) is 19.3. The summed E-state index contributed by atoms with van der Waals surface area (Å²) in [5.74, 6) is 0.209. The minimum atomic E-state index is -0.412. The van der Waals surface area contributed by atoms with Crippen molar-refractivity contribution in [1.29, 1.82) is 0 Å². The number of rotatable bonds is 8. The maximum atomic E-state index is 12.0.